The first-order valence-electron chi connectivity index (χ1n) is 11.9. The Bertz CT molecular complexity index is 1630. The Kier molecular flexibility index (Phi) is 9.80. The largest absolute Gasteiger partial charge is 0.497 e. The fraction of sp³-hybridized carbons (Fsp3) is 0.280. The third kappa shape index (κ3) is 7.54. The molecule has 1 saturated heterocycles. The summed E-state index contributed by atoms with van der Waals surface area (Å²) in [5.41, 5.74) is 11.5. The van der Waals surface area contributed by atoms with E-state index < -0.39 is 46.6 Å². The zero-order valence-electron chi connectivity index (χ0n) is 21.9. The lowest BCUT2D eigenvalue weighted by atomic mass is 10.1. The number of carboxylic acids is 1. The molecule has 1 fully saturated rings. The third-order valence-corrected chi connectivity index (χ3v) is 8.88. The van der Waals surface area contributed by atoms with Crippen molar-refractivity contribution in [2.45, 2.75) is 30.1 Å². The first kappa shape index (κ1) is 32.3. The molecule has 226 valence electrons. The standard InChI is InChI=1S/C23H25N5O5S2.C2HF3O2/c1-33-17-4-2-14-3-5-19(10-15(14)8-17)35(31,32)28(12-21(24)29)20-6-7-27(23(20)30)11-18-9-16(13-34-18)22(25)26;3-2(4,5)1(6)7/h2-5,8-10,13,20H,6-7,11-12H2,1H3,(H2,24,29)(H3,25,26);(H,6,7)/t20-;/m0./s1. The lowest BCUT2D eigenvalue weighted by molar-refractivity contribution is -0.192. The number of amides is 2. The summed E-state index contributed by atoms with van der Waals surface area (Å²) in [7, 11) is -2.71. The Balaban J connectivity index is 0.000000616. The number of hydrogen-bond acceptors (Lipinski definition) is 8. The summed E-state index contributed by atoms with van der Waals surface area (Å²) in [6, 6.07) is 10.6. The monoisotopic (exact) mass is 629 g/mol. The van der Waals surface area contributed by atoms with Crippen LogP contribution in [-0.2, 0) is 31.0 Å². The average molecular weight is 630 g/mol. The summed E-state index contributed by atoms with van der Waals surface area (Å²) in [5.74, 6) is -3.51. The fourth-order valence-corrected chi connectivity index (χ4v) is 6.59. The molecule has 17 heteroatoms. The quantitative estimate of drug-likeness (QED) is 0.204. The van der Waals surface area contributed by atoms with Crippen molar-refractivity contribution in [1.29, 1.82) is 5.41 Å². The molecule has 2 aromatic carbocycles. The number of thiophene rings is 1. The predicted molar refractivity (Wildman–Crippen MR) is 146 cm³/mol. The molecule has 4 rings (SSSR count). The number of likely N-dealkylation sites (tertiary alicyclic amines) is 1. The van der Waals surface area contributed by atoms with E-state index in [1.165, 1.54) is 35.5 Å². The maximum absolute atomic E-state index is 13.6. The molecule has 0 spiro atoms. The minimum absolute atomic E-state index is 0.0462. The second-order valence-corrected chi connectivity index (χ2v) is 11.9. The molecule has 0 bridgehead atoms. The molecule has 3 aromatic rings. The summed E-state index contributed by atoms with van der Waals surface area (Å²) in [6.45, 7) is -0.0414. The van der Waals surface area contributed by atoms with Crippen molar-refractivity contribution >= 4 is 55.8 Å². The van der Waals surface area contributed by atoms with Crippen molar-refractivity contribution in [3.8, 4) is 5.75 Å². The molecule has 1 aliphatic heterocycles. The lowest BCUT2D eigenvalue weighted by Gasteiger charge is -2.26. The summed E-state index contributed by atoms with van der Waals surface area (Å²) in [4.78, 5) is 36.3. The zero-order chi connectivity index (χ0) is 31.4. The number of alkyl halides is 3. The molecule has 2 heterocycles. The van der Waals surface area contributed by atoms with E-state index >= 15 is 0 Å². The number of benzene rings is 2. The zero-order valence-corrected chi connectivity index (χ0v) is 23.6. The van der Waals surface area contributed by atoms with Gasteiger partial charge in [-0.15, -0.1) is 11.3 Å². The number of methoxy groups -OCH3 is 1. The van der Waals surface area contributed by atoms with Gasteiger partial charge in [-0.3, -0.25) is 15.0 Å². The molecule has 12 nitrogen and oxygen atoms in total. The number of sulfonamides is 1. The number of halogens is 3. The highest BCUT2D eigenvalue weighted by molar-refractivity contribution is 7.89. The van der Waals surface area contributed by atoms with E-state index in [4.69, 9.17) is 31.5 Å². The number of ether oxygens (including phenoxy) is 1. The van der Waals surface area contributed by atoms with Crippen molar-refractivity contribution in [2.24, 2.45) is 11.5 Å². The molecule has 0 saturated carbocycles. The smallest absolute Gasteiger partial charge is 0.490 e. The molecule has 6 N–H and O–H groups in total. The molecule has 1 aliphatic rings. The van der Waals surface area contributed by atoms with Gasteiger partial charge in [0.15, 0.2) is 0 Å². The molecule has 2 amide bonds. The summed E-state index contributed by atoms with van der Waals surface area (Å²) < 4.78 is 65.1. The van der Waals surface area contributed by atoms with Gasteiger partial charge in [-0.2, -0.15) is 17.5 Å². The van der Waals surface area contributed by atoms with E-state index in [9.17, 15) is 31.2 Å². The van der Waals surface area contributed by atoms with Crippen molar-refractivity contribution in [1.82, 2.24) is 9.21 Å². The summed E-state index contributed by atoms with van der Waals surface area (Å²) in [6.07, 6.45) is -4.86. The SMILES string of the molecule is COc1ccc2ccc(S(=O)(=O)N(CC(N)=O)[C@H]3CCN(Cc4cc(C(=N)N)cs4)C3=O)cc2c1.O=C(O)C(F)(F)F. The van der Waals surface area contributed by atoms with Gasteiger partial charge in [0.25, 0.3) is 0 Å². The van der Waals surface area contributed by atoms with Gasteiger partial charge in [0.05, 0.1) is 25.1 Å². The van der Waals surface area contributed by atoms with E-state index in [-0.39, 0.29) is 23.7 Å². The minimum Gasteiger partial charge on any atom is -0.497 e. The van der Waals surface area contributed by atoms with Gasteiger partial charge < -0.3 is 26.2 Å². The number of carbonyl (C=O) groups excluding carboxylic acids is 2. The highest BCUT2D eigenvalue weighted by Crippen LogP contribution is 2.29. The number of primary amides is 1. The Hall–Kier alpha value is -4.22. The van der Waals surface area contributed by atoms with Gasteiger partial charge >= 0.3 is 12.1 Å². The Labute approximate surface area is 241 Å². The van der Waals surface area contributed by atoms with Crippen LogP contribution in [0.5, 0.6) is 5.75 Å². The Morgan fingerprint density at radius 2 is 1.81 bits per heavy atom. The van der Waals surface area contributed by atoms with Crippen LogP contribution in [0.3, 0.4) is 0 Å². The van der Waals surface area contributed by atoms with E-state index in [1.807, 2.05) is 6.07 Å². The van der Waals surface area contributed by atoms with Gasteiger partial charge in [0.1, 0.15) is 17.6 Å². The van der Waals surface area contributed by atoms with Crippen molar-refractivity contribution < 1.29 is 45.8 Å². The number of rotatable bonds is 9. The summed E-state index contributed by atoms with van der Waals surface area (Å²) in [5, 5.41) is 17.8. The Morgan fingerprint density at radius 1 is 1.17 bits per heavy atom. The molecule has 0 unspecified atom stereocenters. The number of carboxylic acid groups (broad SMARTS) is 1. The molecular formula is C25H26F3N5O7S2. The van der Waals surface area contributed by atoms with Crippen molar-refractivity contribution in [3.05, 3.63) is 58.3 Å². The first-order chi connectivity index (χ1) is 19.5. The topological polar surface area (TPSA) is 197 Å². The highest BCUT2D eigenvalue weighted by atomic mass is 32.2. The molecular weight excluding hydrogens is 603 g/mol. The number of nitrogens with zero attached hydrogens (tertiary/aromatic N) is 2. The number of nitrogen functional groups attached to an aromatic ring is 1. The van der Waals surface area contributed by atoms with Crippen LogP contribution in [0.1, 0.15) is 16.9 Å². The van der Waals surface area contributed by atoms with Crippen LogP contribution in [0, 0.1) is 5.41 Å². The number of amidine groups is 1. The lowest BCUT2D eigenvalue weighted by Crippen LogP contribution is -2.48. The summed E-state index contributed by atoms with van der Waals surface area (Å²) >= 11 is 1.36. The van der Waals surface area contributed by atoms with E-state index in [2.05, 4.69) is 0 Å². The normalized spacial score (nSPS) is 15.4. The molecule has 0 radical (unpaired) electrons. The first-order valence-corrected chi connectivity index (χ1v) is 14.2. The number of nitrogens with one attached hydrogen (secondary N) is 1. The van der Waals surface area contributed by atoms with Crippen molar-refractivity contribution in [2.75, 3.05) is 20.2 Å². The Morgan fingerprint density at radius 3 is 2.36 bits per heavy atom. The fourth-order valence-electron chi connectivity index (χ4n) is 4.08. The van der Waals surface area contributed by atoms with Crippen molar-refractivity contribution in [3.63, 3.8) is 0 Å². The second kappa shape index (κ2) is 12.7. The number of aliphatic carboxylic acids is 1. The maximum Gasteiger partial charge on any atom is 0.490 e. The second-order valence-electron chi connectivity index (χ2n) is 8.97. The predicted octanol–water partition coefficient (Wildman–Crippen LogP) is 2.10. The van der Waals surface area contributed by atoms with Crippen LogP contribution < -0.4 is 16.2 Å². The van der Waals surface area contributed by atoms with Crippen LogP contribution in [0.2, 0.25) is 0 Å². The third-order valence-electron chi connectivity index (χ3n) is 6.11. The number of fused-ring (bicyclic) bond motifs is 1. The number of carbonyl (C=O) groups is 3. The van der Waals surface area contributed by atoms with Crippen LogP contribution in [0.4, 0.5) is 13.2 Å². The van der Waals surface area contributed by atoms with Crippen LogP contribution in [-0.4, -0.2) is 78.8 Å². The van der Waals surface area contributed by atoms with Gasteiger partial charge in [0, 0.05) is 22.4 Å². The molecule has 0 aliphatic carbocycles. The number of hydrogen-bond donors (Lipinski definition) is 4. The average Bonchev–Trinajstić information content (AvgIpc) is 3.53. The highest BCUT2D eigenvalue weighted by Gasteiger charge is 2.43. The van der Waals surface area contributed by atoms with Gasteiger partial charge in [-0.05, 0) is 47.5 Å². The minimum atomic E-state index is -5.08. The molecule has 1 aromatic heterocycles. The van der Waals surface area contributed by atoms with E-state index in [0.717, 1.165) is 14.6 Å². The van der Waals surface area contributed by atoms with Gasteiger partial charge in [-0.25, -0.2) is 13.2 Å². The van der Waals surface area contributed by atoms with Crippen LogP contribution in [0.25, 0.3) is 10.8 Å². The van der Waals surface area contributed by atoms with E-state index in [0.29, 0.717) is 23.2 Å². The van der Waals surface area contributed by atoms with Gasteiger partial charge in [-0.1, -0.05) is 12.1 Å². The maximum atomic E-state index is 13.6. The number of nitrogens with two attached hydrogens (primary N) is 2. The molecule has 42 heavy (non-hydrogen) atoms. The molecule has 1 atom stereocenters. The van der Waals surface area contributed by atoms with Gasteiger partial charge in [0.2, 0.25) is 21.8 Å². The van der Waals surface area contributed by atoms with Crippen LogP contribution >= 0.6 is 11.3 Å². The van der Waals surface area contributed by atoms with E-state index in [1.54, 1.807) is 29.6 Å². The van der Waals surface area contributed by atoms with Crippen LogP contribution in [0.15, 0.2) is 52.7 Å².